The maximum atomic E-state index is 12.2. The average Bonchev–Trinajstić information content (AvgIpc) is 2.40. The average molecular weight is 277 g/mol. The third kappa shape index (κ3) is 2.86. The Bertz CT molecular complexity index is 528. The zero-order valence-corrected chi connectivity index (χ0v) is 11.4. The summed E-state index contributed by atoms with van der Waals surface area (Å²) >= 11 is 5.81. The first-order chi connectivity index (χ1) is 9.00. The number of carbonyl (C=O) groups is 1. The van der Waals surface area contributed by atoms with Gasteiger partial charge in [-0.05, 0) is 31.5 Å². The van der Waals surface area contributed by atoms with E-state index < -0.39 is 17.4 Å². The zero-order valence-electron chi connectivity index (χ0n) is 10.7. The molecule has 0 saturated carbocycles. The molecule has 0 aliphatic heterocycles. The highest BCUT2D eigenvalue weighted by molar-refractivity contribution is 6.30. The molecule has 1 rings (SSSR count). The molecule has 0 bridgehead atoms. The largest absolute Gasteiger partial charge is 0.465 e. The Hall–Kier alpha value is -2.04. The Morgan fingerprint density at radius 1 is 1.58 bits per heavy atom. The van der Waals surface area contributed by atoms with Crippen LogP contribution >= 0.6 is 11.6 Å². The Labute approximate surface area is 117 Å². The van der Waals surface area contributed by atoms with Crippen LogP contribution in [-0.2, 0) is 14.9 Å². The van der Waals surface area contributed by atoms with Crippen LogP contribution in [0.15, 0.2) is 24.3 Å². The van der Waals surface area contributed by atoms with Gasteiger partial charge in [0.25, 0.3) is 0 Å². The molecule has 1 aromatic rings. The van der Waals surface area contributed by atoms with Gasteiger partial charge >= 0.3 is 12.0 Å². The van der Waals surface area contributed by atoms with E-state index in [9.17, 15) is 4.79 Å². The molecular formula is C14H13ClN2O2. The standard InChI is InChI=1S/C14H13ClN2O2/c1-4-19-13(18)14(2,12(9-16)17-3)10-5-7-11(15)8-6-10/h5-8,12H,4H2,1-2H3. The Balaban J connectivity index is 3.35. The van der Waals surface area contributed by atoms with E-state index in [0.29, 0.717) is 10.6 Å². The van der Waals surface area contributed by atoms with Crippen molar-refractivity contribution in [1.82, 2.24) is 0 Å². The summed E-state index contributed by atoms with van der Waals surface area (Å²) in [6.45, 7) is 10.5. The topological polar surface area (TPSA) is 54.5 Å². The second-order valence-electron chi connectivity index (χ2n) is 4.09. The molecule has 4 nitrogen and oxygen atoms in total. The molecule has 5 heteroatoms. The van der Waals surface area contributed by atoms with Crippen molar-refractivity contribution in [2.45, 2.75) is 25.3 Å². The van der Waals surface area contributed by atoms with Gasteiger partial charge in [0.1, 0.15) is 0 Å². The minimum atomic E-state index is -1.32. The maximum absolute atomic E-state index is 12.2. The fraction of sp³-hybridized carbons (Fsp3) is 0.357. The molecule has 0 spiro atoms. The van der Waals surface area contributed by atoms with Crippen LogP contribution in [0.3, 0.4) is 0 Å². The van der Waals surface area contributed by atoms with Crippen LogP contribution in [0, 0.1) is 17.9 Å². The smallest absolute Gasteiger partial charge is 0.326 e. The summed E-state index contributed by atoms with van der Waals surface area (Å²) in [6.07, 6.45) is 0. The fourth-order valence-electron chi connectivity index (χ4n) is 1.75. The van der Waals surface area contributed by atoms with Gasteiger partial charge in [-0.2, -0.15) is 5.26 Å². The molecule has 2 atom stereocenters. The van der Waals surface area contributed by atoms with E-state index in [1.54, 1.807) is 38.1 Å². The first-order valence-electron chi connectivity index (χ1n) is 5.70. The van der Waals surface area contributed by atoms with Crippen LogP contribution in [0.4, 0.5) is 0 Å². The lowest BCUT2D eigenvalue weighted by Gasteiger charge is -2.25. The molecule has 1 aromatic carbocycles. The molecule has 0 aromatic heterocycles. The number of halogens is 1. The molecule has 0 heterocycles. The van der Waals surface area contributed by atoms with Gasteiger partial charge in [0, 0.05) is 5.02 Å². The van der Waals surface area contributed by atoms with Gasteiger partial charge in [-0.3, -0.25) is 9.64 Å². The molecule has 98 valence electrons. The van der Waals surface area contributed by atoms with Crippen molar-refractivity contribution in [2.24, 2.45) is 0 Å². The van der Waals surface area contributed by atoms with Crippen LogP contribution in [0.1, 0.15) is 19.4 Å². The predicted molar refractivity (Wildman–Crippen MR) is 71.4 cm³/mol. The van der Waals surface area contributed by atoms with Gasteiger partial charge in [-0.15, -0.1) is 0 Å². The van der Waals surface area contributed by atoms with E-state index in [1.807, 2.05) is 6.07 Å². The Morgan fingerprint density at radius 3 is 2.58 bits per heavy atom. The molecule has 2 unspecified atom stereocenters. The summed E-state index contributed by atoms with van der Waals surface area (Å²) in [6, 6.07) is 7.21. The molecule has 0 radical (unpaired) electrons. The lowest BCUT2D eigenvalue weighted by Crippen LogP contribution is -2.43. The highest BCUT2D eigenvalue weighted by Crippen LogP contribution is 2.32. The number of carbonyl (C=O) groups excluding carboxylic acids is 1. The molecular weight excluding hydrogens is 264 g/mol. The van der Waals surface area contributed by atoms with Crippen LogP contribution < -0.4 is 0 Å². The first-order valence-corrected chi connectivity index (χ1v) is 6.08. The number of hydrogen-bond donors (Lipinski definition) is 0. The minimum absolute atomic E-state index is 0.193. The van der Waals surface area contributed by atoms with Crippen LogP contribution in [0.2, 0.25) is 5.02 Å². The lowest BCUT2D eigenvalue weighted by molar-refractivity contribution is -0.149. The number of ether oxygens (including phenoxy) is 1. The quantitative estimate of drug-likeness (QED) is 0.627. The molecule has 0 fully saturated rings. The van der Waals surface area contributed by atoms with Gasteiger partial charge in [0.15, 0.2) is 11.5 Å². The normalized spacial score (nSPS) is 14.6. The van der Waals surface area contributed by atoms with Gasteiger partial charge in [0.05, 0.1) is 6.61 Å². The third-order valence-corrected chi connectivity index (χ3v) is 3.19. The Kier molecular flexibility index (Phi) is 4.92. The number of rotatable bonds is 4. The van der Waals surface area contributed by atoms with Gasteiger partial charge < -0.3 is 4.74 Å². The predicted octanol–water partition coefficient (Wildman–Crippen LogP) is 2.97. The molecule has 0 aliphatic rings. The lowest BCUT2D eigenvalue weighted by atomic mass is 9.76. The molecule has 0 amide bonds. The number of benzene rings is 1. The summed E-state index contributed by atoms with van der Waals surface area (Å²) in [5, 5.41) is 9.62. The number of nitriles is 1. The van der Waals surface area contributed by atoms with Crippen LogP contribution in [0.25, 0.3) is 4.85 Å². The zero-order chi connectivity index (χ0) is 14.5. The summed E-state index contributed by atoms with van der Waals surface area (Å²) in [5.41, 5.74) is -0.783. The van der Waals surface area contributed by atoms with E-state index >= 15 is 0 Å². The molecule has 0 saturated heterocycles. The number of nitrogens with zero attached hydrogens (tertiary/aromatic N) is 2. The summed E-state index contributed by atoms with van der Waals surface area (Å²) in [7, 11) is 0. The monoisotopic (exact) mass is 276 g/mol. The molecule has 0 N–H and O–H groups in total. The van der Waals surface area contributed by atoms with Crippen LogP contribution in [0.5, 0.6) is 0 Å². The van der Waals surface area contributed by atoms with Crippen molar-refractivity contribution in [2.75, 3.05) is 6.61 Å². The second-order valence-corrected chi connectivity index (χ2v) is 4.53. The molecule has 19 heavy (non-hydrogen) atoms. The van der Waals surface area contributed by atoms with E-state index in [0.717, 1.165) is 0 Å². The van der Waals surface area contributed by atoms with Crippen molar-refractivity contribution < 1.29 is 9.53 Å². The van der Waals surface area contributed by atoms with Gasteiger partial charge in [-0.25, -0.2) is 6.57 Å². The minimum Gasteiger partial charge on any atom is -0.465 e. The van der Waals surface area contributed by atoms with E-state index in [1.165, 1.54) is 0 Å². The summed E-state index contributed by atoms with van der Waals surface area (Å²) < 4.78 is 5.01. The second kappa shape index (κ2) is 6.22. The Morgan fingerprint density at radius 2 is 2.16 bits per heavy atom. The summed E-state index contributed by atoms with van der Waals surface area (Å²) in [5.74, 6) is -0.583. The van der Waals surface area contributed by atoms with Crippen molar-refractivity contribution in [1.29, 1.82) is 5.26 Å². The first kappa shape index (κ1) is 15.0. The van der Waals surface area contributed by atoms with E-state index in [2.05, 4.69) is 4.85 Å². The number of hydrogen-bond acceptors (Lipinski definition) is 3. The van der Waals surface area contributed by atoms with E-state index in [4.69, 9.17) is 28.2 Å². The third-order valence-electron chi connectivity index (χ3n) is 2.94. The van der Waals surface area contributed by atoms with Crippen molar-refractivity contribution in [3.05, 3.63) is 46.3 Å². The maximum Gasteiger partial charge on any atom is 0.326 e. The van der Waals surface area contributed by atoms with Crippen LogP contribution in [-0.4, -0.2) is 18.6 Å². The van der Waals surface area contributed by atoms with Crippen molar-refractivity contribution in [3.8, 4) is 6.07 Å². The SMILES string of the molecule is [C-]#[N+]C(C#N)C(C)(C(=O)OCC)c1ccc(Cl)cc1. The van der Waals surface area contributed by atoms with E-state index in [-0.39, 0.29) is 6.61 Å². The highest BCUT2D eigenvalue weighted by Gasteiger charge is 2.49. The summed E-state index contributed by atoms with van der Waals surface area (Å²) in [4.78, 5) is 15.4. The van der Waals surface area contributed by atoms with Gasteiger partial charge in [0.2, 0.25) is 0 Å². The van der Waals surface area contributed by atoms with Crippen molar-refractivity contribution >= 4 is 17.6 Å². The number of esters is 1. The fourth-order valence-corrected chi connectivity index (χ4v) is 1.88. The van der Waals surface area contributed by atoms with Crippen molar-refractivity contribution in [3.63, 3.8) is 0 Å². The highest BCUT2D eigenvalue weighted by atomic mass is 35.5. The molecule has 0 aliphatic carbocycles. The van der Waals surface area contributed by atoms with Gasteiger partial charge in [-0.1, -0.05) is 23.7 Å².